The number of nitrogens with zero attached hydrogens (tertiary/aromatic N) is 1. The second-order valence-corrected chi connectivity index (χ2v) is 3.73. The number of rotatable bonds is 2. The van der Waals surface area contributed by atoms with E-state index in [2.05, 4.69) is 6.07 Å². The van der Waals surface area contributed by atoms with E-state index >= 15 is 0 Å². The van der Waals surface area contributed by atoms with E-state index in [0.717, 1.165) is 6.42 Å². The molecule has 0 aromatic rings. The molecule has 0 saturated heterocycles. The van der Waals surface area contributed by atoms with E-state index in [0.29, 0.717) is 0 Å². The van der Waals surface area contributed by atoms with Crippen molar-refractivity contribution in [2.45, 2.75) is 32.6 Å². The van der Waals surface area contributed by atoms with E-state index < -0.39 is 0 Å². The third-order valence-corrected chi connectivity index (χ3v) is 1.25. The molecule has 0 aliphatic heterocycles. The summed E-state index contributed by atoms with van der Waals surface area (Å²) < 4.78 is 0. The Labute approximate surface area is 61.6 Å². The van der Waals surface area contributed by atoms with Crippen LogP contribution in [0.4, 0.5) is 0 Å². The van der Waals surface area contributed by atoms with Crippen molar-refractivity contribution in [3.05, 3.63) is 0 Å². The van der Waals surface area contributed by atoms with Crippen LogP contribution in [-0.4, -0.2) is 5.38 Å². The van der Waals surface area contributed by atoms with Gasteiger partial charge in [0.25, 0.3) is 0 Å². The lowest BCUT2D eigenvalue weighted by molar-refractivity contribution is 0.449. The zero-order chi connectivity index (χ0) is 7.49. The normalized spacial score (nSPS) is 14.6. The maximum Gasteiger partial charge on any atom is 0.0684 e. The van der Waals surface area contributed by atoms with Crippen LogP contribution in [0.15, 0.2) is 0 Å². The van der Waals surface area contributed by atoms with E-state index in [-0.39, 0.29) is 10.8 Å². The van der Waals surface area contributed by atoms with Crippen LogP contribution in [0.2, 0.25) is 0 Å². The predicted molar refractivity (Wildman–Crippen MR) is 39.3 cm³/mol. The fourth-order valence-electron chi connectivity index (χ4n) is 0.749. The van der Waals surface area contributed by atoms with Crippen molar-refractivity contribution in [2.24, 2.45) is 5.41 Å². The molecular formula is C7H12ClN. The summed E-state index contributed by atoms with van der Waals surface area (Å²) in [5.41, 5.74) is -0.263. The van der Waals surface area contributed by atoms with Crippen LogP contribution in [0.5, 0.6) is 0 Å². The largest absolute Gasteiger partial charge is 0.198 e. The maximum atomic E-state index is 8.53. The summed E-state index contributed by atoms with van der Waals surface area (Å²) in [6.07, 6.45) is 0.755. The van der Waals surface area contributed by atoms with E-state index in [1.807, 2.05) is 20.8 Å². The molecule has 0 aliphatic carbocycles. The van der Waals surface area contributed by atoms with Crippen molar-refractivity contribution in [1.82, 2.24) is 0 Å². The molecule has 0 aliphatic rings. The highest BCUT2D eigenvalue weighted by Crippen LogP contribution is 2.22. The molecule has 0 aromatic carbocycles. The first-order chi connectivity index (χ1) is 3.98. The Morgan fingerprint density at radius 2 is 2.11 bits per heavy atom. The van der Waals surface area contributed by atoms with Crippen LogP contribution >= 0.6 is 11.6 Å². The zero-order valence-electron chi connectivity index (χ0n) is 6.11. The van der Waals surface area contributed by atoms with Gasteiger partial charge in [-0.25, -0.2) is 0 Å². The Bertz CT molecular complexity index is 121. The average Bonchev–Trinajstić information content (AvgIpc) is 1.63. The molecule has 0 spiro atoms. The summed E-state index contributed by atoms with van der Waals surface area (Å²) in [5, 5.41) is 8.63. The smallest absolute Gasteiger partial charge is 0.0684 e. The fraction of sp³-hybridized carbons (Fsp3) is 0.857. The van der Waals surface area contributed by atoms with Crippen molar-refractivity contribution in [1.29, 1.82) is 5.26 Å². The summed E-state index contributed by atoms with van der Waals surface area (Å²) >= 11 is 5.69. The van der Waals surface area contributed by atoms with Crippen LogP contribution in [0.1, 0.15) is 27.2 Å². The van der Waals surface area contributed by atoms with Gasteiger partial charge >= 0.3 is 0 Å². The van der Waals surface area contributed by atoms with Crippen molar-refractivity contribution in [3.8, 4) is 6.07 Å². The van der Waals surface area contributed by atoms with Crippen LogP contribution < -0.4 is 0 Å². The number of alkyl halides is 1. The van der Waals surface area contributed by atoms with Crippen molar-refractivity contribution < 1.29 is 0 Å². The maximum absolute atomic E-state index is 8.53. The minimum absolute atomic E-state index is 0.0969. The van der Waals surface area contributed by atoms with Crippen LogP contribution in [0, 0.1) is 16.7 Å². The van der Waals surface area contributed by atoms with E-state index in [9.17, 15) is 0 Å². The zero-order valence-corrected chi connectivity index (χ0v) is 6.87. The molecule has 0 bridgehead atoms. The lowest BCUT2D eigenvalue weighted by Crippen LogP contribution is -2.12. The molecule has 0 amide bonds. The van der Waals surface area contributed by atoms with Gasteiger partial charge in [-0.15, -0.1) is 11.6 Å². The molecule has 1 atom stereocenters. The molecule has 0 heterocycles. The summed E-state index contributed by atoms with van der Waals surface area (Å²) in [6.45, 7) is 5.69. The third-order valence-electron chi connectivity index (χ3n) is 1.09. The monoisotopic (exact) mass is 145 g/mol. The SMILES string of the molecule is CC(Cl)CC(C)(C)C#N. The molecule has 9 heavy (non-hydrogen) atoms. The molecule has 0 fully saturated rings. The van der Waals surface area contributed by atoms with Gasteiger partial charge in [-0.05, 0) is 27.2 Å². The molecule has 0 N–H and O–H groups in total. The number of halogens is 1. The lowest BCUT2D eigenvalue weighted by Gasteiger charge is -2.15. The molecule has 0 radical (unpaired) electrons. The van der Waals surface area contributed by atoms with Gasteiger partial charge in [-0.3, -0.25) is 0 Å². The van der Waals surface area contributed by atoms with Crippen molar-refractivity contribution in [2.75, 3.05) is 0 Å². The predicted octanol–water partition coefficient (Wildman–Crippen LogP) is 2.55. The Balaban J connectivity index is 3.76. The van der Waals surface area contributed by atoms with Gasteiger partial charge in [0.15, 0.2) is 0 Å². The molecule has 52 valence electrons. The first-order valence-corrected chi connectivity index (χ1v) is 3.47. The van der Waals surface area contributed by atoms with Crippen LogP contribution in [-0.2, 0) is 0 Å². The highest BCUT2D eigenvalue weighted by molar-refractivity contribution is 6.20. The molecule has 0 rings (SSSR count). The van der Waals surface area contributed by atoms with Gasteiger partial charge in [0.05, 0.1) is 11.5 Å². The number of nitriles is 1. The lowest BCUT2D eigenvalue weighted by atomic mass is 9.90. The quantitative estimate of drug-likeness (QED) is 0.548. The van der Waals surface area contributed by atoms with Gasteiger partial charge in [-0.2, -0.15) is 5.26 Å². The van der Waals surface area contributed by atoms with E-state index in [1.54, 1.807) is 0 Å². The fourth-order valence-corrected chi connectivity index (χ4v) is 1.13. The highest BCUT2D eigenvalue weighted by Gasteiger charge is 2.18. The first kappa shape index (κ1) is 8.78. The second-order valence-electron chi connectivity index (χ2n) is 2.98. The number of hydrogen-bond donors (Lipinski definition) is 0. The first-order valence-electron chi connectivity index (χ1n) is 3.03. The molecule has 1 unspecified atom stereocenters. The summed E-state index contributed by atoms with van der Waals surface area (Å²) in [5.74, 6) is 0. The molecule has 0 saturated carbocycles. The molecule has 1 nitrogen and oxygen atoms in total. The van der Waals surface area contributed by atoms with Gasteiger partial charge in [-0.1, -0.05) is 0 Å². The minimum atomic E-state index is -0.263. The van der Waals surface area contributed by atoms with Gasteiger partial charge in [0.2, 0.25) is 0 Å². The van der Waals surface area contributed by atoms with Gasteiger partial charge < -0.3 is 0 Å². The van der Waals surface area contributed by atoms with E-state index in [1.165, 1.54) is 0 Å². The molecular weight excluding hydrogens is 134 g/mol. The van der Waals surface area contributed by atoms with Crippen molar-refractivity contribution in [3.63, 3.8) is 0 Å². The third kappa shape index (κ3) is 4.29. The van der Waals surface area contributed by atoms with Crippen molar-refractivity contribution >= 4 is 11.6 Å². The Hall–Kier alpha value is -0.220. The summed E-state index contributed by atoms with van der Waals surface area (Å²) in [7, 11) is 0. The Kier molecular flexibility index (Phi) is 3.00. The molecule has 2 heteroatoms. The molecule has 0 aromatic heterocycles. The van der Waals surface area contributed by atoms with Crippen LogP contribution in [0.3, 0.4) is 0 Å². The van der Waals surface area contributed by atoms with Gasteiger partial charge in [0, 0.05) is 5.38 Å². The van der Waals surface area contributed by atoms with Crippen LogP contribution in [0.25, 0.3) is 0 Å². The average molecular weight is 146 g/mol. The minimum Gasteiger partial charge on any atom is -0.198 e. The Morgan fingerprint density at radius 3 is 2.22 bits per heavy atom. The standard InChI is InChI=1S/C7H12ClN/c1-6(8)4-7(2,3)5-9/h6H,4H2,1-3H3. The number of hydrogen-bond acceptors (Lipinski definition) is 1. The highest BCUT2D eigenvalue weighted by atomic mass is 35.5. The topological polar surface area (TPSA) is 23.8 Å². The van der Waals surface area contributed by atoms with Gasteiger partial charge in [0.1, 0.15) is 0 Å². The second kappa shape index (κ2) is 3.08. The van der Waals surface area contributed by atoms with E-state index in [4.69, 9.17) is 16.9 Å². The Morgan fingerprint density at radius 1 is 1.67 bits per heavy atom. The summed E-state index contributed by atoms with van der Waals surface area (Å²) in [6, 6.07) is 2.19. The summed E-state index contributed by atoms with van der Waals surface area (Å²) in [4.78, 5) is 0.